The lowest BCUT2D eigenvalue weighted by Crippen LogP contribution is -2.28. The van der Waals surface area contributed by atoms with E-state index in [1.807, 2.05) is 31.2 Å². The molecule has 0 bridgehead atoms. The van der Waals surface area contributed by atoms with Crippen LogP contribution in [0, 0.1) is 25.2 Å². The summed E-state index contributed by atoms with van der Waals surface area (Å²) in [4.78, 5) is 12.5. The second kappa shape index (κ2) is 10.7. The highest BCUT2D eigenvalue weighted by Gasteiger charge is 2.33. The Morgan fingerprint density at radius 2 is 1.87 bits per heavy atom. The van der Waals surface area contributed by atoms with Gasteiger partial charge < -0.3 is 14.6 Å². The number of hydrogen-bond donors (Lipinski definition) is 2. The lowest BCUT2D eigenvalue weighted by Gasteiger charge is -2.30. The van der Waals surface area contributed by atoms with Gasteiger partial charge in [-0.3, -0.25) is 4.72 Å². The smallest absolute Gasteiger partial charge is 0.337 e. The largest absolute Gasteiger partial charge is 0.493 e. The average molecular weight is 549 g/mol. The first-order valence-corrected chi connectivity index (χ1v) is 14.1. The number of nitrogens with one attached hydrogen (secondary N) is 1. The number of carboxylic acid groups (broad SMARTS) is 1. The van der Waals surface area contributed by atoms with Crippen LogP contribution >= 0.6 is 0 Å². The van der Waals surface area contributed by atoms with Gasteiger partial charge >= 0.3 is 5.97 Å². The first-order valence-electron chi connectivity index (χ1n) is 12.6. The number of carbonyl (C=O) groups is 1. The Morgan fingerprint density at radius 1 is 1.15 bits per heavy atom. The molecule has 8 nitrogen and oxygen atoms in total. The molecule has 1 atom stereocenters. The van der Waals surface area contributed by atoms with Gasteiger partial charge in [0.25, 0.3) is 10.0 Å². The summed E-state index contributed by atoms with van der Waals surface area (Å²) in [5.41, 5.74) is 3.35. The van der Waals surface area contributed by atoms with E-state index < -0.39 is 27.7 Å². The van der Waals surface area contributed by atoms with Crippen molar-refractivity contribution in [2.75, 3.05) is 11.3 Å². The van der Waals surface area contributed by atoms with Gasteiger partial charge in [-0.15, -0.1) is 0 Å². The molecule has 39 heavy (non-hydrogen) atoms. The maximum Gasteiger partial charge on any atom is 0.337 e. The molecule has 0 spiro atoms. The summed E-state index contributed by atoms with van der Waals surface area (Å²) in [5, 5.41) is 19.8. The molecule has 2 N–H and O–H groups in total. The highest BCUT2D eigenvalue weighted by molar-refractivity contribution is 7.92. The molecule has 204 valence electrons. The summed E-state index contributed by atoms with van der Waals surface area (Å²) >= 11 is 0. The molecule has 0 saturated heterocycles. The summed E-state index contributed by atoms with van der Waals surface area (Å²) in [5.74, 6) is -0.382. The molecule has 1 heterocycles. The van der Waals surface area contributed by atoms with Crippen molar-refractivity contribution in [1.82, 2.24) is 0 Å². The summed E-state index contributed by atoms with van der Waals surface area (Å²) < 4.78 is 41.2. The predicted octanol–water partition coefficient (Wildman–Crippen LogP) is 5.91. The minimum atomic E-state index is -4.16. The van der Waals surface area contributed by atoms with Crippen LogP contribution in [0.3, 0.4) is 0 Å². The first kappa shape index (κ1) is 28.1. The van der Waals surface area contributed by atoms with Crippen LogP contribution < -0.4 is 9.46 Å². The number of anilines is 1. The van der Waals surface area contributed by atoms with Crippen molar-refractivity contribution in [3.05, 3.63) is 76.3 Å². The summed E-state index contributed by atoms with van der Waals surface area (Å²) in [6, 6.07) is 15.3. The van der Waals surface area contributed by atoms with Crippen molar-refractivity contribution in [1.29, 1.82) is 5.26 Å². The number of hydrogen-bond acceptors (Lipinski definition) is 6. The minimum absolute atomic E-state index is 0.00646. The molecule has 3 aromatic rings. The monoisotopic (exact) mass is 548 g/mol. The lowest BCUT2D eigenvalue weighted by molar-refractivity contribution is -0.160. The van der Waals surface area contributed by atoms with Gasteiger partial charge in [-0.1, -0.05) is 18.2 Å². The average Bonchev–Trinajstić information content (AvgIpc) is 2.88. The van der Waals surface area contributed by atoms with Crippen molar-refractivity contribution in [3.8, 4) is 22.9 Å². The molecular formula is C30H32N2O6S. The van der Waals surface area contributed by atoms with Crippen molar-refractivity contribution in [3.63, 3.8) is 0 Å². The summed E-state index contributed by atoms with van der Waals surface area (Å²) in [6.07, 6.45) is 0.354. The summed E-state index contributed by atoms with van der Waals surface area (Å²) in [6.45, 7) is 9.45. The van der Waals surface area contributed by atoms with Crippen LogP contribution in [0.5, 0.6) is 5.75 Å². The number of fused-ring (bicyclic) bond motifs is 1. The zero-order chi connectivity index (χ0) is 28.5. The lowest BCUT2D eigenvalue weighted by atomic mass is 9.86. The number of carboxylic acids is 1. The van der Waals surface area contributed by atoms with Gasteiger partial charge in [0.15, 0.2) is 6.10 Å². The van der Waals surface area contributed by atoms with Gasteiger partial charge in [-0.05, 0) is 106 Å². The molecule has 4 rings (SSSR count). The molecule has 3 aromatic carbocycles. The van der Waals surface area contributed by atoms with Gasteiger partial charge in [0, 0.05) is 5.56 Å². The van der Waals surface area contributed by atoms with E-state index in [1.165, 1.54) is 12.1 Å². The van der Waals surface area contributed by atoms with E-state index in [0.717, 1.165) is 29.7 Å². The zero-order valence-electron chi connectivity index (χ0n) is 22.7. The normalized spacial score (nSPS) is 14.1. The second-order valence-electron chi connectivity index (χ2n) is 10.6. The van der Waals surface area contributed by atoms with Crippen LogP contribution in [-0.2, 0) is 26.0 Å². The van der Waals surface area contributed by atoms with E-state index >= 15 is 0 Å². The van der Waals surface area contributed by atoms with Crippen molar-refractivity contribution >= 4 is 21.7 Å². The Labute approximate surface area is 229 Å². The SMILES string of the molecule is Cc1cc(NS(=O)(=O)c2ccccc2C#N)c(C)c(C(OC(C)(C)C)C(=O)O)c1-c1ccc2c(c1)CCCO2. The Bertz CT molecular complexity index is 1580. The van der Waals surface area contributed by atoms with Crippen LogP contribution in [-0.4, -0.2) is 31.7 Å². The van der Waals surface area contributed by atoms with E-state index in [9.17, 15) is 23.6 Å². The molecule has 0 fully saturated rings. The van der Waals surface area contributed by atoms with Crippen LogP contribution in [0.1, 0.15) is 61.1 Å². The van der Waals surface area contributed by atoms with Gasteiger partial charge in [0.1, 0.15) is 16.7 Å². The third-order valence-electron chi connectivity index (χ3n) is 6.53. The molecule has 1 unspecified atom stereocenters. The van der Waals surface area contributed by atoms with E-state index in [2.05, 4.69) is 4.72 Å². The van der Waals surface area contributed by atoms with Crippen LogP contribution in [0.15, 0.2) is 53.4 Å². The first-order chi connectivity index (χ1) is 18.3. The Morgan fingerprint density at radius 3 is 2.54 bits per heavy atom. The van der Waals surface area contributed by atoms with Crippen LogP contribution in [0.25, 0.3) is 11.1 Å². The fourth-order valence-electron chi connectivity index (χ4n) is 4.85. The maximum absolute atomic E-state index is 13.4. The maximum atomic E-state index is 13.4. The molecule has 0 saturated carbocycles. The molecule has 1 aliphatic heterocycles. The second-order valence-corrected chi connectivity index (χ2v) is 12.2. The number of aliphatic carboxylic acids is 1. The number of aryl methyl sites for hydroxylation is 2. The molecule has 0 aromatic heterocycles. The number of benzene rings is 3. The standard InChI is InChI=1S/C30H32N2O6S/c1-18-15-23(32-39(35,36)25-11-7-6-9-22(25)17-31)19(2)27(28(29(33)34)38-30(3,4)5)26(18)21-12-13-24-20(16-21)10-8-14-37-24/h6-7,9,11-13,15-16,28,32H,8,10,14H2,1-5H3,(H,33,34). The van der Waals surface area contributed by atoms with Crippen LogP contribution in [0.2, 0.25) is 0 Å². The number of nitriles is 1. The van der Waals surface area contributed by atoms with E-state index in [1.54, 1.807) is 45.9 Å². The van der Waals surface area contributed by atoms with E-state index in [4.69, 9.17) is 9.47 Å². The fraction of sp³-hybridized carbons (Fsp3) is 0.333. The number of sulfonamides is 1. The number of nitrogens with zero attached hydrogens (tertiary/aromatic N) is 1. The third-order valence-corrected chi connectivity index (χ3v) is 7.95. The van der Waals surface area contributed by atoms with Crippen LogP contribution in [0.4, 0.5) is 5.69 Å². The van der Waals surface area contributed by atoms with Crippen molar-refractivity contribution in [2.24, 2.45) is 0 Å². The molecule has 0 radical (unpaired) electrons. The topological polar surface area (TPSA) is 126 Å². The van der Waals surface area contributed by atoms with Gasteiger partial charge in [0.05, 0.1) is 23.5 Å². The predicted molar refractivity (Wildman–Crippen MR) is 148 cm³/mol. The molecule has 0 aliphatic carbocycles. The number of rotatable bonds is 7. The zero-order valence-corrected chi connectivity index (χ0v) is 23.5. The van der Waals surface area contributed by atoms with Crippen molar-refractivity contribution in [2.45, 2.75) is 64.1 Å². The van der Waals surface area contributed by atoms with Gasteiger partial charge in [-0.2, -0.15) is 5.26 Å². The Hall–Kier alpha value is -3.87. The van der Waals surface area contributed by atoms with Gasteiger partial charge in [0.2, 0.25) is 0 Å². The molecule has 0 amide bonds. The third kappa shape index (κ3) is 5.92. The summed E-state index contributed by atoms with van der Waals surface area (Å²) in [7, 11) is -4.16. The van der Waals surface area contributed by atoms with E-state index in [-0.39, 0.29) is 16.1 Å². The number of ether oxygens (including phenoxy) is 2. The van der Waals surface area contributed by atoms with Gasteiger partial charge in [-0.25, -0.2) is 13.2 Å². The molecule has 1 aliphatic rings. The fourth-order valence-corrected chi connectivity index (χ4v) is 6.13. The Balaban J connectivity index is 1.94. The van der Waals surface area contributed by atoms with E-state index in [0.29, 0.717) is 28.9 Å². The molecule has 9 heteroatoms. The highest BCUT2D eigenvalue weighted by Crippen LogP contribution is 2.42. The Kier molecular flexibility index (Phi) is 7.73. The minimum Gasteiger partial charge on any atom is -0.493 e. The van der Waals surface area contributed by atoms with Crippen molar-refractivity contribution < 1.29 is 27.8 Å². The highest BCUT2D eigenvalue weighted by atomic mass is 32.2. The molecular weight excluding hydrogens is 516 g/mol. The quantitative estimate of drug-likeness (QED) is 0.376.